The van der Waals surface area contributed by atoms with Crippen LogP contribution in [0.3, 0.4) is 0 Å². The van der Waals surface area contributed by atoms with Crippen molar-refractivity contribution in [2.45, 2.75) is 45.5 Å². The van der Waals surface area contributed by atoms with Crippen molar-refractivity contribution >= 4 is 11.9 Å². The van der Waals surface area contributed by atoms with Gasteiger partial charge in [0.25, 0.3) is 0 Å². The summed E-state index contributed by atoms with van der Waals surface area (Å²) in [4.78, 5) is 23.6. The maximum absolute atomic E-state index is 12.0. The lowest BCUT2D eigenvalue weighted by molar-refractivity contribution is -0.214. The van der Waals surface area contributed by atoms with Gasteiger partial charge in [0.05, 0.1) is 5.57 Å². The maximum atomic E-state index is 12.0. The van der Waals surface area contributed by atoms with E-state index in [1.165, 1.54) is 6.92 Å². The lowest BCUT2D eigenvalue weighted by Crippen LogP contribution is -2.54. The topological polar surface area (TPSA) is 72.8 Å². The minimum Gasteiger partial charge on any atom is -0.457 e. The first-order valence-electron chi connectivity index (χ1n) is 7.72. The highest BCUT2D eigenvalue weighted by Crippen LogP contribution is 2.73. The van der Waals surface area contributed by atoms with Crippen LogP contribution in [0.5, 0.6) is 0 Å². The number of carbonyl (C=O) groups is 2. The van der Waals surface area contributed by atoms with Crippen molar-refractivity contribution in [1.82, 2.24) is 0 Å². The lowest BCUT2D eigenvalue weighted by Gasteiger charge is -2.49. The summed E-state index contributed by atoms with van der Waals surface area (Å²) < 4.78 is 10.8. The molecule has 0 spiro atoms. The van der Waals surface area contributed by atoms with Crippen LogP contribution in [0.15, 0.2) is 23.3 Å². The molecule has 6 atom stereocenters. The molecule has 118 valence electrons. The molecule has 0 aromatic heterocycles. The number of carbonyl (C=O) groups excluding carboxylic acids is 2. The summed E-state index contributed by atoms with van der Waals surface area (Å²) in [5.41, 5.74) is 1.59. The zero-order valence-electron chi connectivity index (χ0n) is 13.0. The van der Waals surface area contributed by atoms with E-state index < -0.39 is 23.8 Å². The molecule has 0 unspecified atom stereocenters. The normalized spacial score (nSPS) is 48.5. The maximum Gasteiger partial charge on any atom is 0.336 e. The second-order valence-corrected chi connectivity index (χ2v) is 7.43. The zero-order valence-corrected chi connectivity index (χ0v) is 13.0. The molecule has 3 aliphatic carbocycles. The molecule has 4 aliphatic rings. The number of esters is 2. The van der Waals surface area contributed by atoms with Crippen LogP contribution in [0.25, 0.3) is 0 Å². The summed E-state index contributed by atoms with van der Waals surface area (Å²) in [5, 5.41) is 10.9. The van der Waals surface area contributed by atoms with Crippen LogP contribution in [0.2, 0.25) is 0 Å². The van der Waals surface area contributed by atoms with Gasteiger partial charge < -0.3 is 14.6 Å². The molecule has 1 aliphatic heterocycles. The van der Waals surface area contributed by atoms with Gasteiger partial charge in [-0.1, -0.05) is 19.1 Å². The van der Waals surface area contributed by atoms with Crippen LogP contribution in [-0.4, -0.2) is 28.9 Å². The van der Waals surface area contributed by atoms with Crippen molar-refractivity contribution in [2.24, 2.45) is 23.2 Å². The largest absolute Gasteiger partial charge is 0.457 e. The van der Waals surface area contributed by atoms with Gasteiger partial charge in [0.15, 0.2) is 0 Å². The first-order valence-corrected chi connectivity index (χ1v) is 7.72. The van der Waals surface area contributed by atoms with E-state index in [1.807, 2.05) is 0 Å². The third-order valence-electron chi connectivity index (χ3n) is 6.12. The Kier molecular flexibility index (Phi) is 2.43. The summed E-state index contributed by atoms with van der Waals surface area (Å²) >= 11 is 0. The SMILES string of the molecule is C=C1[C@H]2C[C@H]2[C@]2(C)C[C@@]3(O)OC(=O)C(C)=C3[C@H](OC(C)=O)[C@H]12. The molecule has 1 N–H and O–H groups in total. The fraction of sp³-hybridized carbons (Fsp3) is 0.647. The molecule has 0 radical (unpaired) electrons. The Morgan fingerprint density at radius 3 is 2.82 bits per heavy atom. The molecule has 5 nitrogen and oxygen atoms in total. The Labute approximate surface area is 129 Å². The fourth-order valence-electron chi connectivity index (χ4n) is 5.24. The summed E-state index contributed by atoms with van der Waals surface area (Å²) in [6, 6.07) is 0. The average molecular weight is 304 g/mol. The quantitative estimate of drug-likeness (QED) is 0.590. The molecule has 5 heteroatoms. The first kappa shape index (κ1) is 14.0. The molecule has 0 saturated heterocycles. The minimum absolute atomic E-state index is 0.0557. The zero-order chi connectivity index (χ0) is 16.0. The Morgan fingerprint density at radius 2 is 2.18 bits per heavy atom. The minimum atomic E-state index is -1.65. The Morgan fingerprint density at radius 1 is 1.50 bits per heavy atom. The Hall–Kier alpha value is -1.62. The molecule has 0 bridgehead atoms. The molecule has 1 heterocycles. The number of hydrogen-bond acceptors (Lipinski definition) is 5. The molecular weight excluding hydrogens is 284 g/mol. The number of hydrogen-bond donors (Lipinski definition) is 1. The molecule has 3 saturated carbocycles. The van der Waals surface area contributed by atoms with Crippen molar-refractivity contribution in [3.05, 3.63) is 23.3 Å². The molecule has 0 amide bonds. The summed E-state index contributed by atoms with van der Waals surface area (Å²) in [5.74, 6) is -1.80. The van der Waals surface area contributed by atoms with Gasteiger partial charge in [-0.15, -0.1) is 0 Å². The van der Waals surface area contributed by atoms with Crippen LogP contribution in [0, 0.1) is 23.2 Å². The van der Waals surface area contributed by atoms with Gasteiger partial charge in [0.2, 0.25) is 5.79 Å². The van der Waals surface area contributed by atoms with Crippen LogP contribution in [-0.2, 0) is 19.1 Å². The lowest BCUT2D eigenvalue weighted by atomic mass is 9.60. The molecule has 3 fully saturated rings. The smallest absolute Gasteiger partial charge is 0.336 e. The second-order valence-electron chi connectivity index (χ2n) is 7.43. The van der Waals surface area contributed by atoms with E-state index in [0.717, 1.165) is 12.0 Å². The predicted molar refractivity (Wildman–Crippen MR) is 76.2 cm³/mol. The number of aliphatic hydroxyl groups is 1. The van der Waals surface area contributed by atoms with E-state index in [2.05, 4.69) is 13.5 Å². The number of ether oxygens (including phenoxy) is 2. The standard InChI is InChI=1S/C17H20O5/c1-7-10-5-11(10)16(4)6-17(20)13(8(2)15(19)22-17)14(12(7)16)21-9(3)18/h10-12,14,20H,1,5-6H2,2-4H3/t10-,11-,12+,14-,16+,17-/m1/s1. The van der Waals surface area contributed by atoms with Gasteiger partial charge in [-0.2, -0.15) is 0 Å². The van der Waals surface area contributed by atoms with Crippen molar-refractivity contribution in [3.8, 4) is 0 Å². The first-order chi connectivity index (χ1) is 10.2. The van der Waals surface area contributed by atoms with E-state index in [9.17, 15) is 14.7 Å². The van der Waals surface area contributed by atoms with E-state index in [4.69, 9.17) is 9.47 Å². The summed E-state index contributed by atoms with van der Waals surface area (Å²) in [6.07, 6.45) is 0.745. The van der Waals surface area contributed by atoms with Crippen molar-refractivity contribution in [2.75, 3.05) is 0 Å². The highest BCUT2D eigenvalue weighted by atomic mass is 16.7. The van der Waals surface area contributed by atoms with Gasteiger partial charge in [-0.25, -0.2) is 4.79 Å². The molecule has 0 aromatic rings. The van der Waals surface area contributed by atoms with E-state index >= 15 is 0 Å². The predicted octanol–water partition coefficient (Wildman–Crippen LogP) is 1.71. The number of fused-ring (bicyclic) bond motifs is 4. The molecule has 4 rings (SSSR count). The van der Waals surface area contributed by atoms with Gasteiger partial charge in [0.1, 0.15) is 6.10 Å². The third kappa shape index (κ3) is 1.47. The van der Waals surface area contributed by atoms with Crippen LogP contribution in [0.1, 0.15) is 33.6 Å². The second kappa shape index (κ2) is 3.82. The summed E-state index contributed by atoms with van der Waals surface area (Å²) in [6.45, 7) is 9.28. The Bertz CT molecular complexity index is 662. The average Bonchev–Trinajstić information content (AvgIpc) is 3.08. The van der Waals surface area contributed by atoms with Crippen molar-refractivity contribution in [1.29, 1.82) is 0 Å². The van der Waals surface area contributed by atoms with Crippen molar-refractivity contribution < 1.29 is 24.2 Å². The van der Waals surface area contributed by atoms with Gasteiger partial charge in [0, 0.05) is 24.8 Å². The molecule has 0 aromatic carbocycles. The van der Waals surface area contributed by atoms with Crippen molar-refractivity contribution in [3.63, 3.8) is 0 Å². The van der Waals surface area contributed by atoms with Gasteiger partial charge in [-0.3, -0.25) is 4.79 Å². The Balaban J connectivity index is 1.88. The fourth-order valence-corrected chi connectivity index (χ4v) is 5.24. The van der Waals surface area contributed by atoms with E-state index in [0.29, 0.717) is 29.4 Å². The monoisotopic (exact) mass is 304 g/mol. The highest BCUT2D eigenvalue weighted by molar-refractivity contribution is 5.92. The van der Waals surface area contributed by atoms with Gasteiger partial charge in [-0.05, 0) is 30.6 Å². The van der Waals surface area contributed by atoms with Crippen LogP contribution in [0.4, 0.5) is 0 Å². The van der Waals surface area contributed by atoms with E-state index in [-0.39, 0.29) is 11.3 Å². The molecular formula is C17H20O5. The van der Waals surface area contributed by atoms with E-state index in [1.54, 1.807) is 6.92 Å². The third-order valence-corrected chi connectivity index (χ3v) is 6.12. The van der Waals surface area contributed by atoms with Gasteiger partial charge >= 0.3 is 11.9 Å². The van der Waals surface area contributed by atoms with Crippen LogP contribution < -0.4 is 0 Å². The van der Waals surface area contributed by atoms with Crippen LogP contribution >= 0.6 is 0 Å². The number of rotatable bonds is 1. The highest BCUT2D eigenvalue weighted by Gasteiger charge is 2.72. The molecule has 22 heavy (non-hydrogen) atoms. The summed E-state index contributed by atoms with van der Waals surface area (Å²) in [7, 11) is 0.